The zero-order valence-corrected chi connectivity index (χ0v) is 17.0. The maximum absolute atomic E-state index is 11.5. The molecule has 158 valence electrons. The molecule has 0 amide bonds. The molecule has 0 radical (unpaired) electrons. The maximum Gasteiger partial charge on any atom is 0.318 e. The lowest BCUT2D eigenvalue weighted by Gasteiger charge is -2.12. The van der Waals surface area contributed by atoms with Crippen molar-refractivity contribution >= 4 is 34.0 Å². The van der Waals surface area contributed by atoms with Crippen LogP contribution in [0.1, 0.15) is 11.1 Å². The van der Waals surface area contributed by atoms with E-state index in [4.69, 9.17) is 4.74 Å². The zero-order valence-electron chi connectivity index (χ0n) is 17.0. The van der Waals surface area contributed by atoms with E-state index in [-0.39, 0.29) is 11.4 Å². The van der Waals surface area contributed by atoms with Crippen molar-refractivity contribution < 1.29 is 14.6 Å². The van der Waals surface area contributed by atoms with E-state index >= 15 is 0 Å². The van der Waals surface area contributed by atoms with Crippen molar-refractivity contribution in [2.24, 2.45) is 4.99 Å². The number of ether oxygens (including phenoxy) is 1. The summed E-state index contributed by atoms with van der Waals surface area (Å²) in [7, 11) is 0. The second kappa shape index (κ2) is 8.65. The van der Waals surface area contributed by atoms with Crippen molar-refractivity contribution in [3.05, 3.63) is 110 Å². The highest BCUT2D eigenvalue weighted by Crippen LogP contribution is 2.37. The van der Waals surface area contributed by atoms with Gasteiger partial charge >= 0.3 is 5.69 Å². The number of hydrogen-bond acceptors (Lipinski definition) is 6. The molecule has 0 bridgehead atoms. The summed E-state index contributed by atoms with van der Waals surface area (Å²) in [5.74, 6) is 0.249. The quantitative estimate of drug-likeness (QED) is 0.198. The highest BCUT2D eigenvalue weighted by atomic mass is 16.6. The lowest BCUT2D eigenvalue weighted by atomic mass is 10.0. The summed E-state index contributed by atoms with van der Waals surface area (Å²) < 4.78 is 5.91. The van der Waals surface area contributed by atoms with Gasteiger partial charge in [0.15, 0.2) is 0 Å². The van der Waals surface area contributed by atoms with Crippen LogP contribution in [0.15, 0.2) is 83.9 Å². The SMILES string of the molecule is Cc1ccccc1N=Cc1c(Oc2ccc([N+](=O)[O-])cc2[N+](=O)[O-])ccc2ccccc12. The molecule has 0 saturated carbocycles. The number of nitrogens with zero attached hydrogens (tertiary/aromatic N) is 3. The standard InChI is InChI=1S/C24H17N3O5/c1-16-6-2-5-9-21(16)25-15-20-19-8-4-3-7-17(19)10-12-23(20)32-24-13-11-18(26(28)29)14-22(24)27(30)31/h2-15H,1H3. The van der Waals surface area contributed by atoms with Gasteiger partial charge < -0.3 is 4.74 Å². The number of benzene rings is 4. The molecule has 0 saturated heterocycles. The third kappa shape index (κ3) is 4.15. The number of para-hydroxylation sites is 1. The molecule has 0 unspecified atom stereocenters. The highest BCUT2D eigenvalue weighted by molar-refractivity contribution is 6.03. The Balaban J connectivity index is 1.83. The summed E-state index contributed by atoms with van der Waals surface area (Å²) in [5, 5.41) is 24.3. The predicted molar refractivity (Wildman–Crippen MR) is 122 cm³/mol. The van der Waals surface area contributed by atoms with E-state index in [9.17, 15) is 20.2 Å². The Bertz CT molecular complexity index is 1380. The second-order valence-electron chi connectivity index (χ2n) is 7.01. The Hall–Kier alpha value is -4.59. The molecule has 0 heterocycles. The first-order chi connectivity index (χ1) is 15.4. The topological polar surface area (TPSA) is 108 Å². The number of non-ortho nitro benzene ring substituents is 1. The Morgan fingerprint density at radius 2 is 1.56 bits per heavy atom. The molecule has 0 aliphatic carbocycles. The van der Waals surface area contributed by atoms with E-state index in [0.717, 1.165) is 28.1 Å². The normalized spacial score (nSPS) is 11.0. The van der Waals surface area contributed by atoms with Crippen LogP contribution in [0.25, 0.3) is 10.8 Å². The van der Waals surface area contributed by atoms with Crippen LogP contribution in [-0.4, -0.2) is 16.1 Å². The first-order valence-electron chi connectivity index (χ1n) is 9.66. The fraction of sp³-hybridized carbons (Fsp3) is 0.0417. The van der Waals surface area contributed by atoms with Gasteiger partial charge in [0.25, 0.3) is 5.69 Å². The first-order valence-corrected chi connectivity index (χ1v) is 9.66. The minimum atomic E-state index is -0.704. The zero-order chi connectivity index (χ0) is 22.7. The minimum Gasteiger partial charge on any atom is -0.449 e. The average molecular weight is 427 g/mol. The van der Waals surface area contributed by atoms with E-state index in [1.165, 1.54) is 12.1 Å². The summed E-state index contributed by atoms with van der Waals surface area (Å²) in [6.07, 6.45) is 1.66. The number of rotatable bonds is 6. The molecule has 0 spiro atoms. The van der Waals surface area contributed by atoms with Gasteiger partial charge in [0.2, 0.25) is 5.75 Å². The molecular formula is C24H17N3O5. The summed E-state index contributed by atoms with van der Waals surface area (Å²) >= 11 is 0. The van der Waals surface area contributed by atoms with Crippen LogP contribution >= 0.6 is 0 Å². The molecule has 0 aliphatic rings. The largest absolute Gasteiger partial charge is 0.449 e. The Morgan fingerprint density at radius 1 is 0.844 bits per heavy atom. The molecule has 0 atom stereocenters. The van der Waals surface area contributed by atoms with Crippen LogP contribution in [0.5, 0.6) is 11.5 Å². The number of hydrogen-bond donors (Lipinski definition) is 0. The van der Waals surface area contributed by atoms with Crippen molar-refractivity contribution in [3.63, 3.8) is 0 Å². The summed E-state index contributed by atoms with van der Waals surface area (Å²) in [6.45, 7) is 1.95. The lowest BCUT2D eigenvalue weighted by molar-refractivity contribution is -0.394. The van der Waals surface area contributed by atoms with E-state index in [0.29, 0.717) is 11.3 Å². The van der Waals surface area contributed by atoms with Gasteiger partial charge in [0, 0.05) is 17.8 Å². The van der Waals surface area contributed by atoms with Gasteiger partial charge in [-0.2, -0.15) is 0 Å². The van der Waals surface area contributed by atoms with Gasteiger partial charge in [-0.05, 0) is 41.5 Å². The fourth-order valence-corrected chi connectivity index (χ4v) is 3.31. The van der Waals surface area contributed by atoms with E-state index in [1.54, 1.807) is 12.3 Å². The van der Waals surface area contributed by atoms with Gasteiger partial charge in [-0.15, -0.1) is 0 Å². The van der Waals surface area contributed by atoms with Crippen LogP contribution in [-0.2, 0) is 0 Å². The molecule has 0 N–H and O–H groups in total. The van der Waals surface area contributed by atoms with Crippen molar-refractivity contribution in [2.75, 3.05) is 0 Å². The molecule has 8 heteroatoms. The molecule has 8 nitrogen and oxygen atoms in total. The van der Waals surface area contributed by atoms with Gasteiger partial charge in [-0.25, -0.2) is 0 Å². The summed E-state index contributed by atoms with van der Waals surface area (Å²) in [4.78, 5) is 25.7. The number of aliphatic imine (C=N–C) groups is 1. The summed E-state index contributed by atoms with van der Waals surface area (Å²) in [6, 6.07) is 22.1. The molecule has 32 heavy (non-hydrogen) atoms. The van der Waals surface area contributed by atoms with E-state index in [2.05, 4.69) is 4.99 Å². The Kier molecular flexibility index (Phi) is 5.59. The van der Waals surface area contributed by atoms with Gasteiger partial charge in [0.1, 0.15) is 5.75 Å². The molecule has 0 aliphatic heterocycles. The average Bonchev–Trinajstić information content (AvgIpc) is 2.79. The second-order valence-corrected chi connectivity index (χ2v) is 7.01. The molecule has 0 fully saturated rings. The number of nitro benzene ring substituents is 2. The minimum absolute atomic E-state index is 0.0959. The van der Waals surface area contributed by atoms with Crippen molar-refractivity contribution in [3.8, 4) is 11.5 Å². The molecule has 4 rings (SSSR count). The van der Waals surface area contributed by atoms with Crippen LogP contribution in [0, 0.1) is 27.2 Å². The smallest absolute Gasteiger partial charge is 0.318 e. The molecule has 4 aromatic rings. The van der Waals surface area contributed by atoms with E-state index < -0.39 is 15.5 Å². The molecule has 0 aromatic heterocycles. The van der Waals surface area contributed by atoms with Gasteiger partial charge in [-0.3, -0.25) is 25.2 Å². The van der Waals surface area contributed by atoms with Crippen LogP contribution in [0.4, 0.5) is 17.1 Å². The maximum atomic E-state index is 11.5. The molecular weight excluding hydrogens is 410 g/mol. The third-order valence-electron chi connectivity index (χ3n) is 4.95. The molecule has 4 aromatic carbocycles. The fourth-order valence-electron chi connectivity index (χ4n) is 3.31. The Labute approximate surface area is 182 Å². The van der Waals surface area contributed by atoms with Gasteiger partial charge in [-0.1, -0.05) is 48.5 Å². The highest BCUT2D eigenvalue weighted by Gasteiger charge is 2.22. The van der Waals surface area contributed by atoms with Crippen LogP contribution < -0.4 is 4.74 Å². The lowest BCUT2D eigenvalue weighted by Crippen LogP contribution is -1.98. The third-order valence-corrected chi connectivity index (χ3v) is 4.95. The summed E-state index contributed by atoms with van der Waals surface area (Å²) in [5.41, 5.74) is 1.54. The predicted octanol–water partition coefficient (Wildman–Crippen LogP) is 6.51. The number of nitro groups is 2. The van der Waals surface area contributed by atoms with Crippen molar-refractivity contribution in [2.45, 2.75) is 6.92 Å². The van der Waals surface area contributed by atoms with Gasteiger partial charge in [0.05, 0.1) is 21.6 Å². The van der Waals surface area contributed by atoms with Crippen molar-refractivity contribution in [1.29, 1.82) is 0 Å². The number of aryl methyl sites for hydroxylation is 1. The first kappa shape index (κ1) is 20.7. The van der Waals surface area contributed by atoms with Crippen molar-refractivity contribution in [1.82, 2.24) is 0 Å². The van der Waals surface area contributed by atoms with E-state index in [1.807, 2.05) is 61.5 Å². The van der Waals surface area contributed by atoms with Crippen LogP contribution in [0.2, 0.25) is 0 Å². The monoisotopic (exact) mass is 427 g/mol. The number of fused-ring (bicyclic) bond motifs is 1. The van der Waals surface area contributed by atoms with Crippen LogP contribution in [0.3, 0.4) is 0 Å². The Morgan fingerprint density at radius 3 is 2.31 bits per heavy atom.